The molecule has 0 fully saturated rings. The van der Waals surface area contributed by atoms with Gasteiger partial charge in [0, 0.05) is 35.1 Å². The number of fused-ring (bicyclic) bond motifs is 1. The Hall–Kier alpha value is -3.12. The van der Waals surface area contributed by atoms with E-state index in [-0.39, 0.29) is 23.6 Å². The summed E-state index contributed by atoms with van der Waals surface area (Å²) < 4.78 is 31.8. The second kappa shape index (κ2) is 10.2. The van der Waals surface area contributed by atoms with Gasteiger partial charge in [0.05, 0.1) is 11.7 Å². The summed E-state index contributed by atoms with van der Waals surface area (Å²) in [6.07, 6.45) is 2.33. The number of aromatic hydroxyl groups is 1. The van der Waals surface area contributed by atoms with Crippen molar-refractivity contribution in [1.82, 2.24) is 10.3 Å². The van der Waals surface area contributed by atoms with Crippen LogP contribution in [0.4, 0.5) is 5.69 Å². The molecule has 2 amide bonds. The number of anilines is 1. The van der Waals surface area contributed by atoms with Crippen molar-refractivity contribution in [3.63, 3.8) is 0 Å². The number of aromatic amines is 1. The maximum atomic E-state index is 12.2. The van der Waals surface area contributed by atoms with Crippen LogP contribution in [0.3, 0.4) is 0 Å². The van der Waals surface area contributed by atoms with E-state index in [1.165, 1.54) is 0 Å². The minimum atomic E-state index is -4.75. The minimum Gasteiger partial charge on any atom is -0.504 e. The van der Waals surface area contributed by atoms with Gasteiger partial charge in [0.25, 0.3) is 10.1 Å². The highest BCUT2D eigenvalue weighted by Crippen LogP contribution is 2.34. The van der Waals surface area contributed by atoms with E-state index in [2.05, 4.69) is 15.6 Å². The summed E-state index contributed by atoms with van der Waals surface area (Å²) in [5.74, 6) is -1.90. The first-order chi connectivity index (χ1) is 15.6. The second-order valence-corrected chi connectivity index (χ2v) is 9.20. The van der Waals surface area contributed by atoms with Crippen molar-refractivity contribution in [1.29, 1.82) is 0 Å². The fraction of sp³-hybridized carbons (Fsp3) is 0.238. The van der Waals surface area contributed by atoms with Gasteiger partial charge >= 0.3 is 0 Å². The maximum Gasteiger partial charge on any atom is 0.298 e. The first-order valence-corrected chi connectivity index (χ1v) is 11.8. The average Bonchev–Trinajstić information content (AvgIpc) is 3.16. The van der Waals surface area contributed by atoms with Crippen LogP contribution in [-0.2, 0) is 26.1 Å². The third kappa shape index (κ3) is 6.23. The SMILES string of the molecule is N[C@@H](CCC(=O)Nc1cc(Cl)cc(S(=O)(=O)O)c1O)C(=O)NCCc1c[nH]c2ccccc12. The number of phenols is 1. The summed E-state index contributed by atoms with van der Waals surface area (Å²) in [6.45, 7) is 0.370. The van der Waals surface area contributed by atoms with Gasteiger partial charge in [-0.05, 0) is 36.6 Å². The van der Waals surface area contributed by atoms with Crippen molar-refractivity contribution in [3.8, 4) is 5.75 Å². The molecule has 0 saturated heterocycles. The molecule has 1 atom stereocenters. The molecule has 0 aliphatic rings. The molecule has 176 valence electrons. The van der Waals surface area contributed by atoms with Crippen molar-refractivity contribution in [3.05, 3.63) is 53.2 Å². The number of nitrogens with one attached hydrogen (secondary N) is 3. The van der Waals surface area contributed by atoms with Gasteiger partial charge in [0.15, 0.2) is 5.75 Å². The van der Waals surface area contributed by atoms with E-state index in [9.17, 15) is 23.1 Å². The summed E-state index contributed by atoms with van der Waals surface area (Å²) in [6, 6.07) is 8.85. The Labute approximate surface area is 194 Å². The quantitative estimate of drug-likeness (QED) is 0.195. The van der Waals surface area contributed by atoms with E-state index < -0.39 is 38.6 Å². The molecule has 0 aliphatic carbocycles. The molecule has 0 spiro atoms. The molecule has 12 heteroatoms. The van der Waals surface area contributed by atoms with Gasteiger partial charge in [0.1, 0.15) is 4.90 Å². The Morgan fingerprint density at radius 2 is 1.94 bits per heavy atom. The smallest absolute Gasteiger partial charge is 0.298 e. The van der Waals surface area contributed by atoms with Crippen molar-refractivity contribution >= 4 is 50.1 Å². The van der Waals surface area contributed by atoms with Crippen LogP contribution in [0.5, 0.6) is 5.75 Å². The van der Waals surface area contributed by atoms with E-state index in [0.717, 1.165) is 28.6 Å². The molecule has 3 aromatic rings. The van der Waals surface area contributed by atoms with E-state index in [1.807, 2.05) is 30.5 Å². The third-order valence-electron chi connectivity index (χ3n) is 4.98. The standard InChI is InChI=1S/C21H23ClN4O6S/c22-13-9-17(20(28)18(10-13)33(30,31)32)26-19(27)6-5-15(23)21(29)24-8-7-12-11-25-16-4-2-1-3-14(12)16/h1-4,9-11,15,25,28H,5-8,23H2,(H,24,29)(H,26,27)(H,30,31,32)/t15-/m0/s1. The lowest BCUT2D eigenvalue weighted by molar-refractivity contribution is -0.122. The molecule has 0 unspecified atom stereocenters. The Bertz CT molecular complexity index is 1290. The molecular weight excluding hydrogens is 472 g/mol. The number of nitrogens with two attached hydrogens (primary N) is 1. The predicted molar refractivity (Wildman–Crippen MR) is 124 cm³/mol. The summed E-state index contributed by atoms with van der Waals surface area (Å²) in [5.41, 5.74) is 7.64. The number of benzene rings is 2. The van der Waals surface area contributed by atoms with Crippen LogP contribution >= 0.6 is 11.6 Å². The summed E-state index contributed by atoms with van der Waals surface area (Å²) >= 11 is 5.79. The van der Waals surface area contributed by atoms with Crippen LogP contribution < -0.4 is 16.4 Å². The number of hydrogen-bond donors (Lipinski definition) is 6. The zero-order valence-electron chi connectivity index (χ0n) is 17.3. The number of hydrogen-bond acceptors (Lipinski definition) is 6. The molecular formula is C21H23ClN4O6S. The average molecular weight is 495 g/mol. The Morgan fingerprint density at radius 1 is 1.21 bits per heavy atom. The highest BCUT2D eigenvalue weighted by atomic mass is 35.5. The number of amides is 2. The van der Waals surface area contributed by atoms with Crippen LogP contribution in [0, 0.1) is 0 Å². The van der Waals surface area contributed by atoms with Crippen LogP contribution in [0.25, 0.3) is 10.9 Å². The van der Waals surface area contributed by atoms with Crippen LogP contribution in [0.1, 0.15) is 18.4 Å². The monoisotopic (exact) mass is 494 g/mol. The Balaban J connectivity index is 1.49. The summed E-state index contributed by atoms with van der Waals surface area (Å²) in [5, 5.41) is 16.0. The minimum absolute atomic E-state index is 0.0111. The molecule has 33 heavy (non-hydrogen) atoms. The van der Waals surface area contributed by atoms with Crippen molar-refractivity contribution in [2.24, 2.45) is 5.73 Å². The molecule has 1 aromatic heterocycles. The highest BCUT2D eigenvalue weighted by Gasteiger charge is 2.21. The molecule has 0 bridgehead atoms. The predicted octanol–water partition coefficient (Wildman–Crippen LogP) is 2.18. The van der Waals surface area contributed by atoms with E-state index >= 15 is 0 Å². The lowest BCUT2D eigenvalue weighted by Crippen LogP contribution is -2.41. The van der Waals surface area contributed by atoms with Crippen molar-refractivity contribution in [2.75, 3.05) is 11.9 Å². The van der Waals surface area contributed by atoms with Gasteiger partial charge in [-0.2, -0.15) is 8.42 Å². The number of rotatable bonds is 9. The summed E-state index contributed by atoms with van der Waals surface area (Å²) in [7, 11) is -4.75. The van der Waals surface area contributed by atoms with Gasteiger partial charge in [-0.3, -0.25) is 14.1 Å². The van der Waals surface area contributed by atoms with Crippen LogP contribution in [0.15, 0.2) is 47.5 Å². The number of para-hydroxylation sites is 1. The third-order valence-corrected chi connectivity index (χ3v) is 6.06. The van der Waals surface area contributed by atoms with Crippen LogP contribution in [-0.4, -0.2) is 47.5 Å². The molecule has 0 aliphatic heterocycles. The van der Waals surface area contributed by atoms with Crippen molar-refractivity contribution < 1.29 is 27.7 Å². The number of phenolic OH excluding ortho intramolecular Hbond substituents is 1. The zero-order chi connectivity index (χ0) is 24.2. The molecule has 1 heterocycles. The van der Waals surface area contributed by atoms with E-state index in [0.29, 0.717) is 13.0 Å². The number of carbonyl (C=O) groups is 2. The molecule has 0 saturated carbocycles. The number of carbonyl (C=O) groups excluding carboxylic acids is 2. The van der Waals surface area contributed by atoms with Gasteiger partial charge < -0.3 is 26.5 Å². The first-order valence-electron chi connectivity index (χ1n) is 9.94. The number of halogens is 1. The Morgan fingerprint density at radius 3 is 2.67 bits per heavy atom. The van der Waals surface area contributed by atoms with Crippen LogP contribution in [0.2, 0.25) is 5.02 Å². The summed E-state index contributed by atoms with van der Waals surface area (Å²) in [4.78, 5) is 26.8. The Kier molecular flexibility index (Phi) is 7.59. The number of H-pyrrole nitrogens is 1. The molecule has 0 radical (unpaired) electrons. The molecule has 3 rings (SSSR count). The van der Waals surface area contributed by atoms with Gasteiger partial charge in [-0.25, -0.2) is 0 Å². The topological polar surface area (TPSA) is 175 Å². The largest absolute Gasteiger partial charge is 0.504 e. The van der Waals surface area contributed by atoms with Crippen molar-refractivity contribution in [2.45, 2.75) is 30.2 Å². The normalized spacial score (nSPS) is 12.5. The fourth-order valence-electron chi connectivity index (χ4n) is 3.29. The fourth-order valence-corrected chi connectivity index (χ4v) is 4.20. The molecule has 2 aromatic carbocycles. The van der Waals surface area contributed by atoms with Gasteiger partial charge in [0.2, 0.25) is 11.8 Å². The van der Waals surface area contributed by atoms with Gasteiger partial charge in [-0.15, -0.1) is 0 Å². The lowest BCUT2D eigenvalue weighted by Gasteiger charge is -2.13. The van der Waals surface area contributed by atoms with E-state index in [4.69, 9.17) is 21.9 Å². The van der Waals surface area contributed by atoms with Gasteiger partial charge in [-0.1, -0.05) is 29.8 Å². The highest BCUT2D eigenvalue weighted by molar-refractivity contribution is 7.86. The lowest BCUT2D eigenvalue weighted by atomic mass is 10.1. The number of aromatic nitrogens is 1. The molecule has 10 nitrogen and oxygen atoms in total. The second-order valence-electron chi connectivity index (χ2n) is 7.37. The maximum absolute atomic E-state index is 12.2. The first kappa shape index (κ1) is 24.5. The van der Waals surface area contributed by atoms with E-state index in [1.54, 1.807) is 0 Å². The molecule has 7 N–H and O–H groups in total. The zero-order valence-corrected chi connectivity index (χ0v) is 18.9.